The third-order valence-electron chi connectivity index (χ3n) is 7.08. The number of thiocarbonyl (C=S) groups is 1. The molecule has 1 atom stereocenters. The summed E-state index contributed by atoms with van der Waals surface area (Å²) in [4.78, 5) is 32.6. The first-order valence-electron chi connectivity index (χ1n) is 12.2. The van der Waals surface area contributed by atoms with Crippen molar-refractivity contribution in [1.29, 1.82) is 0 Å². The maximum absolute atomic E-state index is 13.3. The number of rotatable bonds is 9. The van der Waals surface area contributed by atoms with Gasteiger partial charge in [-0.25, -0.2) is 4.98 Å². The van der Waals surface area contributed by atoms with Crippen molar-refractivity contribution in [2.24, 2.45) is 17.8 Å². The lowest BCUT2D eigenvalue weighted by Crippen LogP contribution is -2.28. The van der Waals surface area contributed by atoms with Crippen LogP contribution in [0.15, 0.2) is 12.1 Å². The summed E-state index contributed by atoms with van der Waals surface area (Å²) in [5.41, 5.74) is 3.18. The van der Waals surface area contributed by atoms with Crippen LogP contribution in [0.5, 0.6) is 0 Å². The largest absolute Gasteiger partial charge is 0.352 e. The average Bonchev–Trinajstić information content (AvgIpc) is 3.71. The zero-order chi connectivity index (χ0) is 23.8. The molecule has 0 radical (unpaired) electrons. The maximum Gasteiger partial charge on any atom is 0.252 e. The lowest BCUT2D eigenvalue weighted by Gasteiger charge is -2.24. The van der Waals surface area contributed by atoms with Crippen molar-refractivity contribution in [1.82, 2.24) is 10.3 Å². The summed E-state index contributed by atoms with van der Waals surface area (Å²) in [5.74, 6) is 0.877. The topological polar surface area (TPSA) is 71.1 Å². The van der Waals surface area contributed by atoms with Gasteiger partial charge in [-0.3, -0.25) is 9.59 Å². The second-order valence-corrected chi connectivity index (χ2v) is 11.7. The molecule has 8 heteroatoms. The Morgan fingerprint density at radius 1 is 1.18 bits per heavy atom. The number of ketones is 1. The van der Waals surface area contributed by atoms with Gasteiger partial charge in [-0.2, -0.15) is 4.39 Å². The summed E-state index contributed by atoms with van der Waals surface area (Å²) in [6.45, 7) is 2.48. The van der Waals surface area contributed by atoms with E-state index in [0.717, 1.165) is 60.3 Å². The molecule has 2 heterocycles. The number of hydrogen-bond acceptors (Lipinski definition) is 5. The van der Waals surface area contributed by atoms with Crippen molar-refractivity contribution >= 4 is 45.9 Å². The number of nitrogens with zero attached hydrogens (tertiary/aromatic N) is 1. The Bertz CT molecular complexity index is 1140. The van der Waals surface area contributed by atoms with Crippen LogP contribution in [0, 0.1) is 30.6 Å². The van der Waals surface area contributed by atoms with E-state index in [9.17, 15) is 14.0 Å². The second-order valence-electron chi connectivity index (χ2n) is 10.0. The monoisotopic (exact) mass is 499 g/mol. The molecule has 180 valence electrons. The molecule has 0 saturated heterocycles. The number of Topliss-reactive ketones (excluding diaryl/α,β-unsaturated/α-hetero) is 1. The van der Waals surface area contributed by atoms with E-state index < -0.39 is 5.95 Å². The molecule has 0 aliphatic heterocycles. The molecular weight excluding hydrogens is 469 g/mol. The first-order chi connectivity index (χ1) is 16.4. The summed E-state index contributed by atoms with van der Waals surface area (Å²) in [7, 11) is 0. The van der Waals surface area contributed by atoms with E-state index in [1.54, 1.807) is 24.3 Å². The molecule has 2 fully saturated rings. The Hall–Kier alpha value is -2.19. The third kappa shape index (κ3) is 5.54. The molecule has 0 bridgehead atoms. The van der Waals surface area contributed by atoms with Gasteiger partial charge in [0.25, 0.3) is 5.91 Å². The van der Waals surface area contributed by atoms with E-state index >= 15 is 0 Å². The van der Waals surface area contributed by atoms with Crippen LogP contribution in [0.2, 0.25) is 0 Å². The van der Waals surface area contributed by atoms with Gasteiger partial charge in [0.05, 0.1) is 21.9 Å². The zero-order valence-electron chi connectivity index (χ0n) is 19.4. The fraction of sp³-hybridized carbons (Fsp3) is 0.538. The van der Waals surface area contributed by atoms with Crippen LogP contribution in [0.4, 0.5) is 10.1 Å². The van der Waals surface area contributed by atoms with Crippen LogP contribution in [-0.4, -0.2) is 28.2 Å². The first kappa shape index (κ1) is 23.5. The standard InChI is InChI=1S/C26H30FN3O2S2/c1-14-19(7-9-23(27)29-14)30-24(33)11-16-4-8-21-18(10-16)25(26(32)28-13-15-2-3-15)22(34-21)12-20(31)17-5-6-17/h7,9,15-17H,2-6,8,10-13H2,1H3,(H,28,32)(H,30,33)/t16-/m0/s1. The quantitative estimate of drug-likeness (QED) is 0.367. The number of halogens is 1. The summed E-state index contributed by atoms with van der Waals surface area (Å²) in [6, 6.07) is 2.99. The number of amides is 1. The van der Waals surface area contributed by atoms with Crippen molar-refractivity contribution in [3.05, 3.63) is 44.7 Å². The van der Waals surface area contributed by atoms with E-state index in [1.165, 1.54) is 23.8 Å². The Kier molecular flexibility index (Phi) is 6.80. The molecule has 34 heavy (non-hydrogen) atoms. The van der Waals surface area contributed by atoms with Gasteiger partial charge < -0.3 is 10.6 Å². The number of anilines is 1. The van der Waals surface area contributed by atoms with Crippen molar-refractivity contribution in [2.45, 2.75) is 64.7 Å². The normalized spacial score (nSPS) is 19.4. The van der Waals surface area contributed by atoms with E-state index in [4.69, 9.17) is 12.2 Å². The van der Waals surface area contributed by atoms with E-state index in [-0.39, 0.29) is 17.6 Å². The van der Waals surface area contributed by atoms with Crippen LogP contribution < -0.4 is 10.6 Å². The molecule has 2 aromatic rings. The van der Waals surface area contributed by atoms with Gasteiger partial charge in [0, 0.05) is 35.1 Å². The molecule has 3 aliphatic carbocycles. The Morgan fingerprint density at radius 2 is 1.97 bits per heavy atom. The minimum absolute atomic E-state index is 0.0163. The highest BCUT2D eigenvalue weighted by molar-refractivity contribution is 7.80. The molecule has 2 saturated carbocycles. The number of thiophene rings is 1. The number of aryl methyl sites for hydroxylation is 2. The van der Waals surface area contributed by atoms with Crippen LogP contribution in [0.25, 0.3) is 0 Å². The summed E-state index contributed by atoms with van der Waals surface area (Å²) < 4.78 is 13.3. The average molecular weight is 500 g/mol. The van der Waals surface area contributed by atoms with E-state index in [2.05, 4.69) is 15.6 Å². The third-order valence-corrected chi connectivity index (χ3v) is 8.64. The summed E-state index contributed by atoms with van der Waals surface area (Å²) in [5, 5.41) is 6.35. The van der Waals surface area contributed by atoms with Gasteiger partial charge >= 0.3 is 0 Å². The Morgan fingerprint density at radius 3 is 2.68 bits per heavy atom. The van der Waals surface area contributed by atoms with Gasteiger partial charge in [-0.15, -0.1) is 11.3 Å². The van der Waals surface area contributed by atoms with Gasteiger partial charge in [-0.05, 0) is 81.4 Å². The number of carbonyl (C=O) groups excluding carboxylic acids is 2. The highest BCUT2D eigenvalue weighted by Gasteiger charge is 2.34. The smallest absolute Gasteiger partial charge is 0.252 e. The fourth-order valence-corrected chi connectivity index (χ4v) is 6.46. The molecule has 0 spiro atoms. The van der Waals surface area contributed by atoms with Crippen LogP contribution in [0.3, 0.4) is 0 Å². The van der Waals surface area contributed by atoms with Crippen LogP contribution >= 0.6 is 23.6 Å². The number of fused-ring (bicyclic) bond motifs is 1. The molecule has 5 nitrogen and oxygen atoms in total. The van der Waals surface area contributed by atoms with E-state index in [0.29, 0.717) is 35.4 Å². The van der Waals surface area contributed by atoms with Gasteiger partial charge in [-0.1, -0.05) is 12.2 Å². The minimum atomic E-state index is -0.505. The number of nitrogens with one attached hydrogen (secondary N) is 2. The fourth-order valence-electron chi connectivity index (χ4n) is 4.76. The number of carbonyl (C=O) groups is 2. The van der Waals surface area contributed by atoms with Crippen LogP contribution in [-0.2, 0) is 24.1 Å². The maximum atomic E-state index is 13.3. The molecule has 2 aromatic heterocycles. The Balaban J connectivity index is 1.30. The highest BCUT2D eigenvalue weighted by atomic mass is 32.1. The van der Waals surface area contributed by atoms with Crippen LogP contribution in [0.1, 0.15) is 69.9 Å². The SMILES string of the molecule is Cc1nc(F)ccc1NC(=S)C[C@H]1CCc2sc(CC(=O)C3CC3)c(C(=O)NCC3CC3)c2C1. The highest BCUT2D eigenvalue weighted by Crippen LogP contribution is 2.40. The lowest BCUT2D eigenvalue weighted by molar-refractivity contribution is -0.119. The molecular formula is C26H30FN3O2S2. The predicted octanol–water partition coefficient (Wildman–Crippen LogP) is 5.19. The van der Waals surface area contributed by atoms with Crippen molar-refractivity contribution < 1.29 is 14.0 Å². The first-order valence-corrected chi connectivity index (χ1v) is 13.5. The number of pyridine rings is 1. The summed E-state index contributed by atoms with van der Waals surface area (Å²) in [6.07, 6.45) is 8.12. The molecule has 0 unspecified atom stereocenters. The number of aromatic nitrogens is 1. The van der Waals surface area contributed by atoms with Gasteiger partial charge in [0.15, 0.2) is 0 Å². The van der Waals surface area contributed by atoms with Gasteiger partial charge in [0.2, 0.25) is 5.95 Å². The van der Waals surface area contributed by atoms with Gasteiger partial charge in [0.1, 0.15) is 5.78 Å². The predicted molar refractivity (Wildman–Crippen MR) is 136 cm³/mol. The van der Waals surface area contributed by atoms with Crippen molar-refractivity contribution in [2.75, 3.05) is 11.9 Å². The number of hydrogen-bond donors (Lipinski definition) is 2. The lowest BCUT2D eigenvalue weighted by atomic mass is 9.83. The molecule has 0 aromatic carbocycles. The molecule has 2 N–H and O–H groups in total. The molecule has 1 amide bonds. The molecule has 3 aliphatic rings. The molecule has 5 rings (SSSR count). The summed E-state index contributed by atoms with van der Waals surface area (Å²) >= 11 is 7.28. The second kappa shape index (κ2) is 9.82. The van der Waals surface area contributed by atoms with Crippen molar-refractivity contribution in [3.63, 3.8) is 0 Å². The van der Waals surface area contributed by atoms with Crippen molar-refractivity contribution in [3.8, 4) is 0 Å². The Labute approximate surface area is 208 Å². The van der Waals surface area contributed by atoms with E-state index in [1.807, 2.05) is 0 Å². The zero-order valence-corrected chi connectivity index (χ0v) is 21.0. The minimum Gasteiger partial charge on any atom is -0.352 e.